The van der Waals surface area contributed by atoms with Crippen molar-refractivity contribution >= 4 is 12.1 Å². The molecule has 2 unspecified atom stereocenters. The van der Waals surface area contributed by atoms with E-state index in [0.717, 1.165) is 51.9 Å². The van der Waals surface area contributed by atoms with Gasteiger partial charge in [0.1, 0.15) is 5.60 Å². The molecule has 0 aromatic heterocycles. The van der Waals surface area contributed by atoms with Gasteiger partial charge in [0.15, 0.2) is 0 Å². The maximum absolute atomic E-state index is 12.6. The number of nitrogens with one attached hydrogen (secondary N) is 4. The predicted octanol–water partition coefficient (Wildman–Crippen LogP) is -0.247. The van der Waals surface area contributed by atoms with E-state index in [-0.39, 0.29) is 29.7 Å². The first-order chi connectivity index (χ1) is 11.6. The standard InChI is InChI=1S/C16H27N5O3/c1-11(12-16(24-14(23)20-12)4-8-18-9-5-16)21-13(22)19-10-15(21)2-6-17-7-3-15/h11-12,17-18H,2-10H2,1H3,(H,19,22)(H,20,23). The first-order valence-corrected chi connectivity index (χ1v) is 9.05. The summed E-state index contributed by atoms with van der Waals surface area (Å²) in [4.78, 5) is 26.6. The van der Waals surface area contributed by atoms with Gasteiger partial charge in [-0.1, -0.05) is 0 Å². The number of piperidine rings is 2. The van der Waals surface area contributed by atoms with E-state index in [1.54, 1.807) is 0 Å². The number of ether oxygens (including phenoxy) is 1. The third kappa shape index (κ3) is 2.35. The number of amides is 3. The van der Waals surface area contributed by atoms with Gasteiger partial charge >= 0.3 is 12.1 Å². The van der Waals surface area contributed by atoms with Crippen molar-refractivity contribution < 1.29 is 14.3 Å². The Morgan fingerprint density at radius 3 is 2.38 bits per heavy atom. The van der Waals surface area contributed by atoms with E-state index < -0.39 is 5.60 Å². The van der Waals surface area contributed by atoms with Crippen LogP contribution >= 0.6 is 0 Å². The number of carbonyl (C=O) groups excluding carboxylic acids is 2. The summed E-state index contributed by atoms with van der Waals surface area (Å²) in [6, 6.07) is -0.285. The SMILES string of the molecule is CC(C1NC(=O)OC12CCNCC2)N1C(=O)NCC12CCNCC2. The van der Waals surface area contributed by atoms with Crippen LogP contribution in [0, 0.1) is 0 Å². The average molecular weight is 337 g/mol. The van der Waals surface area contributed by atoms with Crippen molar-refractivity contribution in [2.24, 2.45) is 0 Å². The predicted molar refractivity (Wildman–Crippen MR) is 87.8 cm³/mol. The van der Waals surface area contributed by atoms with E-state index in [9.17, 15) is 9.59 Å². The normalized spacial score (nSPS) is 32.5. The van der Waals surface area contributed by atoms with Crippen molar-refractivity contribution in [2.45, 2.75) is 55.8 Å². The zero-order chi connectivity index (χ0) is 16.8. The Kier molecular flexibility index (Phi) is 3.84. The molecule has 2 atom stereocenters. The van der Waals surface area contributed by atoms with Gasteiger partial charge in [-0.15, -0.1) is 0 Å². The molecule has 0 aromatic rings. The molecule has 0 radical (unpaired) electrons. The molecule has 8 nitrogen and oxygen atoms in total. The molecule has 4 aliphatic rings. The summed E-state index contributed by atoms with van der Waals surface area (Å²) >= 11 is 0. The van der Waals surface area contributed by atoms with Crippen molar-refractivity contribution in [1.82, 2.24) is 26.2 Å². The molecule has 4 N–H and O–H groups in total. The van der Waals surface area contributed by atoms with Crippen molar-refractivity contribution in [3.05, 3.63) is 0 Å². The maximum atomic E-state index is 12.6. The number of hydrogen-bond donors (Lipinski definition) is 4. The summed E-state index contributed by atoms with van der Waals surface area (Å²) in [6.45, 7) is 6.24. The molecule has 4 saturated heterocycles. The first-order valence-electron chi connectivity index (χ1n) is 9.05. The Hall–Kier alpha value is -1.54. The van der Waals surface area contributed by atoms with E-state index in [4.69, 9.17) is 4.74 Å². The lowest BCUT2D eigenvalue weighted by molar-refractivity contribution is -0.0172. The smallest absolute Gasteiger partial charge is 0.408 e. The Morgan fingerprint density at radius 1 is 1.08 bits per heavy atom. The summed E-state index contributed by atoms with van der Waals surface area (Å²) in [7, 11) is 0. The molecule has 0 aromatic carbocycles. The van der Waals surface area contributed by atoms with E-state index in [1.165, 1.54) is 0 Å². The Labute approximate surface area is 142 Å². The second-order valence-corrected chi connectivity index (χ2v) is 7.57. The monoisotopic (exact) mass is 337 g/mol. The Morgan fingerprint density at radius 2 is 1.71 bits per heavy atom. The van der Waals surface area contributed by atoms with Crippen molar-refractivity contribution in [1.29, 1.82) is 0 Å². The van der Waals surface area contributed by atoms with Crippen molar-refractivity contribution in [2.75, 3.05) is 32.7 Å². The molecule has 4 fully saturated rings. The Balaban J connectivity index is 1.62. The molecule has 134 valence electrons. The highest BCUT2D eigenvalue weighted by atomic mass is 16.6. The largest absolute Gasteiger partial charge is 0.441 e. The topological polar surface area (TPSA) is 94.7 Å². The average Bonchev–Trinajstić information content (AvgIpc) is 3.06. The molecule has 0 aliphatic carbocycles. The molecular formula is C16H27N5O3. The molecular weight excluding hydrogens is 310 g/mol. The Bertz CT molecular complexity index is 528. The third-order valence-electron chi connectivity index (χ3n) is 6.31. The number of rotatable bonds is 2. The van der Waals surface area contributed by atoms with Crippen LogP contribution in [0.5, 0.6) is 0 Å². The lowest BCUT2D eigenvalue weighted by Crippen LogP contribution is -2.64. The second-order valence-electron chi connectivity index (χ2n) is 7.57. The van der Waals surface area contributed by atoms with E-state index in [2.05, 4.69) is 28.2 Å². The van der Waals surface area contributed by atoms with Gasteiger partial charge in [0, 0.05) is 19.4 Å². The number of hydrogen-bond acceptors (Lipinski definition) is 5. The highest BCUT2D eigenvalue weighted by molar-refractivity contribution is 5.79. The van der Waals surface area contributed by atoms with Crippen LogP contribution in [-0.4, -0.2) is 73.0 Å². The maximum Gasteiger partial charge on any atom is 0.408 e. The molecule has 0 saturated carbocycles. The number of carbonyl (C=O) groups is 2. The zero-order valence-corrected chi connectivity index (χ0v) is 14.2. The zero-order valence-electron chi connectivity index (χ0n) is 14.2. The molecule has 4 heterocycles. The second kappa shape index (κ2) is 5.77. The number of urea groups is 1. The quantitative estimate of drug-likeness (QED) is 0.558. The van der Waals surface area contributed by atoms with Gasteiger partial charge in [-0.05, 0) is 45.9 Å². The van der Waals surface area contributed by atoms with Crippen molar-refractivity contribution in [3.63, 3.8) is 0 Å². The minimum Gasteiger partial charge on any atom is -0.441 e. The highest BCUT2D eigenvalue weighted by Gasteiger charge is 2.57. The fourth-order valence-electron chi connectivity index (χ4n) is 5.06. The molecule has 8 heteroatoms. The summed E-state index contributed by atoms with van der Waals surface area (Å²) in [5.41, 5.74) is -0.651. The molecule has 4 aliphatic heterocycles. The van der Waals surface area contributed by atoms with Gasteiger partial charge in [0.25, 0.3) is 0 Å². The molecule has 0 bridgehead atoms. The summed E-state index contributed by atoms with van der Waals surface area (Å²) in [5, 5.41) is 12.7. The highest BCUT2D eigenvalue weighted by Crippen LogP contribution is 2.39. The number of nitrogens with zero attached hydrogens (tertiary/aromatic N) is 1. The van der Waals surface area contributed by atoms with E-state index >= 15 is 0 Å². The lowest BCUT2D eigenvalue weighted by Gasteiger charge is -2.47. The van der Waals surface area contributed by atoms with E-state index in [1.807, 2.05) is 4.90 Å². The molecule has 2 spiro atoms. The van der Waals surface area contributed by atoms with Crippen LogP contribution in [0.15, 0.2) is 0 Å². The summed E-state index contributed by atoms with van der Waals surface area (Å²) < 4.78 is 5.73. The van der Waals surface area contributed by atoms with Gasteiger partial charge in [0.05, 0.1) is 17.6 Å². The summed E-state index contributed by atoms with van der Waals surface area (Å²) in [6.07, 6.45) is 3.08. The molecule has 24 heavy (non-hydrogen) atoms. The molecule has 4 rings (SSSR count). The van der Waals surface area contributed by atoms with Crippen LogP contribution < -0.4 is 21.3 Å². The lowest BCUT2D eigenvalue weighted by atomic mass is 9.79. The minimum atomic E-state index is -0.501. The number of alkyl carbamates (subject to hydrolysis) is 1. The van der Waals surface area contributed by atoms with Gasteiger partial charge in [0.2, 0.25) is 0 Å². The van der Waals surface area contributed by atoms with Gasteiger partial charge in [-0.3, -0.25) is 0 Å². The van der Waals surface area contributed by atoms with Crippen LogP contribution in [-0.2, 0) is 4.74 Å². The van der Waals surface area contributed by atoms with Crippen LogP contribution in [0.1, 0.15) is 32.6 Å². The van der Waals surface area contributed by atoms with Crippen LogP contribution in [0.4, 0.5) is 9.59 Å². The van der Waals surface area contributed by atoms with E-state index in [0.29, 0.717) is 6.54 Å². The fourth-order valence-corrected chi connectivity index (χ4v) is 5.06. The van der Waals surface area contributed by atoms with Gasteiger partial charge in [-0.2, -0.15) is 0 Å². The third-order valence-corrected chi connectivity index (χ3v) is 6.31. The summed E-state index contributed by atoms with van der Waals surface area (Å²) in [5.74, 6) is 0. The fraction of sp³-hybridized carbons (Fsp3) is 0.875. The van der Waals surface area contributed by atoms with Crippen LogP contribution in [0.3, 0.4) is 0 Å². The first kappa shape index (κ1) is 16.0. The minimum absolute atomic E-state index is 0.0189. The molecule has 3 amide bonds. The van der Waals surface area contributed by atoms with Crippen LogP contribution in [0.2, 0.25) is 0 Å². The van der Waals surface area contributed by atoms with Crippen LogP contribution in [0.25, 0.3) is 0 Å². The van der Waals surface area contributed by atoms with Gasteiger partial charge in [-0.25, -0.2) is 9.59 Å². The van der Waals surface area contributed by atoms with Crippen molar-refractivity contribution in [3.8, 4) is 0 Å². The van der Waals surface area contributed by atoms with Gasteiger partial charge < -0.3 is 30.9 Å².